The summed E-state index contributed by atoms with van der Waals surface area (Å²) < 4.78 is 5.40. The lowest BCUT2D eigenvalue weighted by atomic mass is 10.2. The van der Waals surface area contributed by atoms with E-state index < -0.39 is 0 Å². The van der Waals surface area contributed by atoms with Gasteiger partial charge in [0.2, 0.25) is 0 Å². The van der Waals surface area contributed by atoms with Gasteiger partial charge < -0.3 is 20.7 Å². The van der Waals surface area contributed by atoms with Crippen molar-refractivity contribution in [2.24, 2.45) is 10.7 Å². The van der Waals surface area contributed by atoms with Crippen molar-refractivity contribution in [3.63, 3.8) is 0 Å². The summed E-state index contributed by atoms with van der Waals surface area (Å²) >= 11 is 0. The summed E-state index contributed by atoms with van der Waals surface area (Å²) in [5.74, 6) is 1.45. The number of nitrogens with two attached hydrogens (primary N) is 1. The molecule has 1 unspecified atom stereocenters. The third-order valence-electron chi connectivity index (χ3n) is 3.29. The Labute approximate surface area is 114 Å². The minimum absolute atomic E-state index is 0.347. The quantitative estimate of drug-likeness (QED) is 0.632. The molecule has 19 heavy (non-hydrogen) atoms. The first-order valence-electron chi connectivity index (χ1n) is 6.69. The van der Waals surface area contributed by atoms with E-state index in [-0.39, 0.29) is 0 Å². The van der Waals surface area contributed by atoms with Crippen molar-refractivity contribution >= 4 is 11.6 Å². The predicted octanol–water partition coefficient (Wildman–Crippen LogP) is 1.20. The van der Waals surface area contributed by atoms with E-state index >= 15 is 0 Å². The average molecular weight is 262 g/mol. The monoisotopic (exact) mass is 262 g/mol. The first-order valence-corrected chi connectivity index (χ1v) is 6.69. The molecule has 0 aromatic heterocycles. The lowest BCUT2D eigenvalue weighted by Crippen LogP contribution is -2.41. The number of rotatable bonds is 4. The maximum atomic E-state index is 5.80. The van der Waals surface area contributed by atoms with Crippen LogP contribution >= 0.6 is 0 Å². The number of para-hydroxylation sites is 2. The molecule has 0 saturated carbocycles. The maximum Gasteiger partial charge on any atom is 0.188 e. The lowest BCUT2D eigenvalue weighted by Gasteiger charge is -2.21. The molecular weight excluding hydrogens is 240 g/mol. The first-order chi connectivity index (χ1) is 9.24. The largest absolute Gasteiger partial charge is 0.495 e. The van der Waals surface area contributed by atoms with Crippen molar-refractivity contribution in [3.05, 3.63) is 24.3 Å². The highest BCUT2D eigenvalue weighted by atomic mass is 16.5. The molecule has 1 aliphatic heterocycles. The number of methoxy groups -OCH3 is 1. The SMILES string of the molecule is CCN=C(N)NC1CCN(c2ccccc2OC)C1. The van der Waals surface area contributed by atoms with E-state index in [0.29, 0.717) is 18.5 Å². The molecule has 1 aromatic rings. The van der Waals surface area contributed by atoms with Crippen molar-refractivity contribution in [3.8, 4) is 5.75 Å². The Balaban J connectivity index is 2.00. The molecule has 2 rings (SSSR count). The molecule has 1 fully saturated rings. The van der Waals surface area contributed by atoms with Crippen LogP contribution in [-0.4, -0.2) is 38.7 Å². The van der Waals surface area contributed by atoms with Crippen LogP contribution in [0.4, 0.5) is 5.69 Å². The zero-order chi connectivity index (χ0) is 13.7. The fourth-order valence-corrected chi connectivity index (χ4v) is 2.41. The highest BCUT2D eigenvalue weighted by molar-refractivity contribution is 5.78. The molecule has 1 aliphatic rings. The van der Waals surface area contributed by atoms with Gasteiger partial charge in [0.25, 0.3) is 0 Å². The number of benzene rings is 1. The van der Waals surface area contributed by atoms with Gasteiger partial charge in [-0.15, -0.1) is 0 Å². The number of ether oxygens (including phenoxy) is 1. The van der Waals surface area contributed by atoms with Crippen LogP contribution in [-0.2, 0) is 0 Å². The van der Waals surface area contributed by atoms with Crippen molar-refractivity contribution < 1.29 is 4.74 Å². The molecule has 0 radical (unpaired) electrons. The van der Waals surface area contributed by atoms with Gasteiger partial charge in [-0.2, -0.15) is 0 Å². The molecule has 0 aliphatic carbocycles. The number of hydrogen-bond acceptors (Lipinski definition) is 3. The number of anilines is 1. The van der Waals surface area contributed by atoms with E-state index in [1.54, 1.807) is 7.11 Å². The van der Waals surface area contributed by atoms with Gasteiger partial charge in [0.1, 0.15) is 5.75 Å². The molecule has 0 bridgehead atoms. The summed E-state index contributed by atoms with van der Waals surface area (Å²) in [7, 11) is 1.70. The van der Waals surface area contributed by atoms with Gasteiger partial charge in [-0.25, -0.2) is 0 Å². The van der Waals surface area contributed by atoms with Crippen LogP contribution in [0.5, 0.6) is 5.75 Å². The van der Waals surface area contributed by atoms with Crippen LogP contribution in [0.1, 0.15) is 13.3 Å². The van der Waals surface area contributed by atoms with E-state index in [1.165, 1.54) is 0 Å². The Hall–Kier alpha value is -1.91. The highest BCUT2D eigenvalue weighted by Gasteiger charge is 2.24. The summed E-state index contributed by atoms with van der Waals surface area (Å²) in [6.45, 7) is 4.60. The second-order valence-corrected chi connectivity index (χ2v) is 4.61. The van der Waals surface area contributed by atoms with Gasteiger partial charge in [0, 0.05) is 25.7 Å². The maximum absolute atomic E-state index is 5.80. The summed E-state index contributed by atoms with van der Waals surface area (Å²) in [4.78, 5) is 6.47. The van der Waals surface area contributed by atoms with E-state index in [1.807, 2.05) is 25.1 Å². The molecule has 1 aromatic carbocycles. The van der Waals surface area contributed by atoms with E-state index in [0.717, 1.165) is 30.9 Å². The van der Waals surface area contributed by atoms with E-state index in [2.05, 4.69) is 21.3 Å². The molecule has 5 heteroatoms. The summed E-state index contributed by atoms with van der Waals surface area (Å²) in [5, 5.41) is 3.26. The highest BCUT2D eigenvalue weighted by Crippen LogP contribution is 2.30. The standard InChI is InChI=1S/C14H22N4O/c1-3-16-14(15)17-11-8-9-18(10-11)12-6-4-5-7-13(12)19-2/h4-7,11H,3,8-10H2,1-2H3,(H3,15,16,17). The second-order valence-electron chi connectivity index (χ2n) is 4.61. The van der Waals surface area contributed by atoms with Crippen LogP contribution in [0.2, 0.25) is 0 Å². The Morgan fingerprint density at radius 2 is 2.32 bits per heavy atom. The van der Waals surface area contributed by atoms with Gasteiger partial charge in [0.15, 0.2) is 5.96 Å². The average Bonchev–Trinajstić information content (AvgIpc) is 2.87. The number of guanidine groups is 1. The zero-order valence-electron chi connectivity index (χ0n) is 11.6. The van der Waals surface area contributed by atoms with Crippen molar-refractivity contribution in [1.82, 2.24) is 5.32 Å². The van der Waals surface area contributed by atoms with Crippen LogP contribution in [0.3, 0.4) is 0 Å². The third kappa shape index (κ3) is 3.30. The van der Waals surface area contributed by atoms with Crippen LogP contribution < -0.4 is 20.7 Å². The lowest BCUT2D eigenvalue weighted by molar-refractivity contribution is 0.415. The van der Waals surface area contributed by atoms with Gasteiger partial charge in [-0.1, -0.05) is 12.1 Å². The van der Waals surface area contributed by atoms with Crippen LogP contribution in [0, 0.1) is 0 Å². The zero-order valence-corrected chi connectivity index (χ0v) is 11.6. The molecule has 1 atom stereocenters. The molecule has 0 spiro atoms. The molecule has 104 valence electrons. The minimum atomic E-state index is 0.347. The number of nitrogens with zero attached hydrogens (tertiary/aromatic N) is 2. The molecule has 5 nitrogen and oxygen atoms in total. The first kappa shape index (κ1) is 13.5. The number of aliphatic imine (C=N–C) groups is 1. The van der Waals surface area contributed by atoms with Crippen molar-refractivity contribution in [2.45, 2.75) is 19.4 Å². The Kier molecular flexibility index (Phi) is 4.49. The van der Waals surface area contributed by atoms with E-state index in [9.17, 15) is 0 Å². The molecular formula is C14H22N4O. The van der Waals surface area contributed by atoms with Gasteiger partial charge in [-0.3, -0.25) is 4.99 Å². The molecule has 1 heterocycles. The van der Waals surface area contributed by atoms with Crippen LogP contribution in [0.25, 0.3) is 0 Å². The fraction of sp³-hybridized carbons (Fsp3) is 0.500. The van der Waals surface area contributed by atoms with E-state index in [4.69, 9.17) is 10.5 Å². The molecule has 3 N–H and O–H groups in total. The second kappa shape index (κ2) is 6.31. The van der Waals surface area contributed by atoms with Crippen molar-refractivity contribution in [2.75, 3.05) is 31.6 Å². The van der Waals surface area contributed by atoms with Gasteiger partial charge in [0.05, 0.1) is 12.8 Å². The Bertz CT molecular complexity index is 447. The smallest absolute Gasteiger partial charge is 0.188 e. The fourth-order valence-electron chi connectivity index (χ4n) is 2.41. The Morgan fingerprint density at radius 1 is 1.53 bits per heavy atom. The van der Waals surface area contributed by atoms with Crippen molar-refractivity contribution in [1.29, 1.82) is 0 Å². The predicted molar refractivity (Wildman–Crippen MR) is 78.9 cm³/mol. The third-order valence-corrected chi connectivity index (χ3v) is 3.29. The number of hydrogen-bond donors (Lipinski definition) is 2. The minimum Gasteiger partial charge on any atom is -0.495 e. The number of nitrogens with one attached hydrogen (secondary N) is 1. The summed E-state index contributed by atoms with van der Waals surface area (Å²) in [6, 6.07) is 8.44. The van der Waals surface area contributed by atoms with Gasteiger partial charge >= 0.3 is 0 Å². The molecule has 0 amide bonds. The summed E-state index contributed by atoms with van der Waals surface area (Å²) in [6.07, 6.45) is 1.05. The van der Waals surface area contributed by atoms with Gasteiger partial charge in [-0.05, 0) is 25.5 Å². The summed E-state index contributed by atoms with van der Waals surface area (Å²) in [5.41, 5.74) is 6.94. The van der Waals surface area contributed by atoms with Crippen LogP contribution in [0.15, 0.2) is 29.3 Å². The molecule has 1 saturated heterocycles. The topological polar surface area (TPSA) is 62.9 Å². The Morgan fingerprint density at radius 3 is 3.05 bits per heavy atom. The normalized spacial score (nSPS) is 19.6.